The Bertz CT molecular complexity index is 167. The number of hydrogen-bond acceptors (Lipinski definition) is 2. The van der Waals surface area contributed by atoms with E-state index in [1.165, 1.54) is 0 Å². The highest BCUT2D eigenvalue weighted by Crippen LogP contribution is 2.00. The molecule has 1 heterocycles. The van der Waals surface area contributed by atoms with Gasteiger partial charge in [0, 0.05) is 0 Å². The normalized spacial score (nSPS) is 24.3. The van der Waals surface area contributed by atoms with Crippen LogP contribution in [0.2, 0.25) is 0 Å². The molecule has 4 heteroatoms. The first-order valence-corrected chi connectivity index (χ1v) is 3.35. The van der Waals surface area contributed by atoms with Crippen LogP contribution in [0.3, 0.4) is 0 Å². The van der Waals surface area contributed by atoms with E-state index in [0.717, 1.165) is 12.8 Å². The van der Waals surface area contributed by atoms with Crippen molar-refractivity contribution < 1.29 is 9.59 Å². The van der Waals surface area contributed by atoms with Crippen LogP contribution in [0.5, 0.6) is 0 Å². The first-order chi connectivity index (χ1) is 4.74. The molecule has 0 aliphatic carbocycles. The Morgan fingerprint density at radius 1 is 1.50 bits per heavy atom. The monoisotopic (exact) mass is 142 g/mol. The molecule has 56 valence electrons. The zero-order chi connectivity index (χ0) is 7.56. The van der Waals surface area contributed by atoms with Gasteiger partial charge in [-0.3, -0.25) is 10.1 Å². The second-order valence-electron chi connectivity index (χ2n) is 2.30. The van der Waals surface area contributed by atoms with Crippen LogP contribution in [0, 0.1) is 0 Å². The van der Waals surface area contributed by atoms with Gasteiger partial charge in [-0.2, -0.15) is 0 Å². The summed E-state index contributed by atoms with van der Waals surface area (Å²) in [5.74, 6) is -0.202. The predicted molar refractivity (Wildman–Crippen MR) is 35.4 cm³/mol. The lowest BCUT2D eigenvalue weighted by atomic mass is 10.2. The topological polar surface area (TPSA) is 58.2 Å². The molecule has 0 radical (unpaired) electrons. The third-order valence-corrected chi connectivity index (χ3v) is 1.44. The average molecular weight is 142 g/mol. The molecule has 0 bridgehead atoms. The third kappa shape index (κ3) is 1.26. The molecule has 1 atom stereocenters. The van der Waals surface area contributed by atoms with E-state index in [-0.39, 0.29) is 18.0 Å². The molecule has 0 aromatic heterocycles. The summed E-state index contributed by atoms with van der Waals surface area (Å²) in [7, 11) is 0. The summed E-state index contributed by atoms with van der Waals surface area (Å²) >= 11 is 0. The number of carbonyl (C=O) groups excluding carboxylic acids is 2. The van der Waals surface area contributed by atoms with Gasteiger partial charge >= 0.3 is 6.03 Å². The number of amides is 3. The fraction of sp³-hybridized carbons (Fsp3) is 0.667. The fourth-order valence-corrected chi connectivity index (χ4v) is 0.951. The first-order valence-electron chi connectivity index (χ1n) is 3.35. The van der Waals surface area contributed by atoms with Crippen molar-refractivity contribution in [2.24, 2.45) is 0 Å². The number of rotatable bonds is 2. The zero-order valence-electron chi connectivity index (χ0n) is 5.81. The van der Waals surface area contributed by atoms with Crippen molar-refractivity contribution in [3.63, 3.8) is 0 Å². The summed E-state index contributed by atoms with van der Waals surface area (Å²) in [6.45, 7) is 1.97. The molecule has 0 spiro atoms. The lowest BCUT2D eigenvalue weighted by Gasteiger charge is -2.01. The number of urea groups is 1. The lowest BCUT2D eigenvalue weighted by Crippen LogP contribution is -2.28. The van der Waals surface area contributed by atoms with Crippen LogP contribution in [-0.4, -0.2) is 18.0 Å². The summed E-state index contributed by atoms with van der Waals surface area (Å²) in [6.07, 6.45) is 1.62. The van der Waals surface area contributed by atoms with E-state index in [1.807, 2.05) is 6.92 Å². The molecule has 1 aliphatic rings. The SMILES string of the molecule is CCCC1NC(=O)NC1=O. The minimum absolute atomic E-state index is 0.202. The van der Waals surface area contributed by atoms with E-state index in [2.05, 4.69) is 10.6 Å². The van der Waals surface area contributed by atoms with Gasteiger partial charge in [-0.1, -0.05) is 13.3 Å². The zero-order valence-corrected chi connectivity index (χ0v) is 5.81. The van der Waals surface area contributed by atoms with E-state index >= 15 is 0 Å². The maximum atomic E-state index is 10.8. The molecular weight excluding hydrogens is 132 g/mol. The fourth-order valence-electron chi connectivity index (χ4n) is 0.951. The minimum atomic E-state index is -0.372. The number of nitrogens with one attached hydrogen (secondary N) is 2. The molecule has 3 amide bonds. The van der Waals surface area contributed by atoms with Gasteiger partial charge in [-0.05, 0) is 6.42 Å². The van der Waals surface area contributed by atoms with Gasteiger partial charge in [-0.25, -0.2) is 4.79 Å². The molecule has 4 nitrogen and oxygen atoms in total. The van der Waals surface area contributed by atoms with Crippen LogP contribution in [0.25, 0.3) is 0 Å². The van der Waals surface area contributed by atoms with Crippen molar-refractivity contribution in [1.29, 1.82) is 0 Å². The van der Waals surface area contributed by atoms with Crippen molar-refractivity contribution in [1.82, 2.24) is 10.6 Å². The molecule has 1 aliphatic heterocycles. The van der Waals surface area contributed by atoms with Crippen LogP contribution in [-0.2, 0) is 4.79 Å². The Labute approximate surface area is 59.0 Å². The Morgan fingerprint density at radius 2 is 2.20 bits per heavy atom. The second kappa shape index (κ2) is 2.68. The standard InChI is InChI=1S/C6H10N2O2/c1-2-3-4-5(9)8-6(10)7-4/h4H,2-3H2,1H3,(H2,7,8,9,10). The average Bonchev–Trinajstić information content (AvgIpc) is 2.13. The van der Waals surface area contributed by atoms with Gasteiger partial charge in [0.05, 0.1) is 0 Å². The molecule has 2 N–H and O–H groups in total. The first kappa shape index (κ1) is 7.05. The third-order valence-electron chi connectivity index (χ3n) is 1.44. The molecule has 0 aromatic carbocycles. The highest BCUT2D eigenvalue weighted by atomic mass is 16.2. The lowest BCUT2D eigenvalue weighted by molar-refractivity contribution is -0.120. The summed E-state index contributed by atoms with van der Waals surface area (Å²) in [5, 5.41) is 4.67. The molecule has 10 heavy (non-hydrogen) atoms. The summed E-state index contributed by atoms with van der Waals surface area (Å²) < 4.78 is 0. The van der Waals surface area contributed by atoms with Crippen molar-refractivity contribution in [2.45, 2.75) is 25.8 Å². The Kier molecular flexibility index (Phi) is 1.89. The predicted octanol–water partition coefficient (Wildman–Crippen LogP) is -0.00550. The number of imide groups is 1. The number of hydrogen-bond donors (Lipinski definition) is 2. The molecule has 1 unspecified atom stereocenters. The summed E-state index contributed by atoms with van der Waals surface area (Å²) in [5.41, 5.74) is 0. The highest BCUT2D eigenvalue weighted by molar-refractivity contribution is 6.04. The van der Waals surface area contributed by atoms with Gasteiger partial charge in [0.15, 0.2) is 0 Å². The van der Waals surface area contributed by atoms with Gasteiger partial charge in [0.2, 0.25) is 0 Å². The molecule has 1 saturated heterocycles. The quantitative estimate of drug-likeness (QED) is 0.533. The van der Waals surface area contributed by atoms with E-state index in [9.17, 15) is 9.59 Å². The highest BCUT2D eigenvalue weighted by Gasteiger charge is 2.27. The molecule has 0 aromatic rings. The largest absolute Gasteiger partial charge is 0.326 e. The maximum Gasteiger partial charge on any atom is 0.322 e. The van der Waals surface area contributed by atoms with Gasteiger partial charge in [0.25, 0.3) is 5.91 Å². The Morgan fingerprint density at radius 3 is 2.60 bits per heavy atom. The van der Waals surface area contributed by atoms with E-state index in [1.54, 1.807) is 0 Å². The van der Waals surface area contributed by atoms with Crippen LogP contribution >= 0.6 is 0 Å². The van der Waals surface area contributed by atoms with Crippen molar-refractivity contribution in [3.05, 3.63) is 0 Å². The van der Waals surface area contributed by atoms with Crippen molar-refractivity contribution >= 4 is 11.9 Å². The van der Waals surface area contributed by atoms with E-state index in [4.69, 9.17) is 0 Å². The molecular formula is C6H10N2O2. The van der Waals surface area contributed by atoms with Crippen molar-refractivity contribution in [2.75, 3.05) is 0 Å². The minimum Gasteiger partial charge on any atom is -0.326 e. The molecule has 0 saturated carbocycles. The molecule has 1 fully saturated rings. The molecule has 1 rings (SSSR count). The van der Waals surface area contributed by atoms with Gasteiger partial charge in [-0.15, -0.1) is 0 Å². The summed E-state index contributed by atoms with van der Waals surface area (Å²) in [4.78, 5) is 21.3. The van der Waals surface area contributed by atoms with Crippen LogP contribution in [0.4, 0.5) is 4.79 Å². The van der Waals surface area contributed by atoms with E-state index in [0.29, 0.717) is 0 Å². The maximum absolute atomic E-state index is 10.8. The van der Waals surface area contributed by atoms with Crippen LogP contribution in [0.1, 0.15) is 19.8 Å². The number of carbonyl (C=O) groups is 2. The van der Waals surface area contributed by atoms with Crippen LogP contribution < -0.4 is 10.6 Å². The van der Waals surface area contributed by atoms with Crippen molar-refractivity contribution in [3.8, 4) is 0 Å². The van der Waals surface area contributed by atoms with Gasteiger partial charge < -0.3 is 5.32 Å². The summed E-state index contributed by atoms with van der Waals surface area (Å²) in [6, 6.07) is -0.666. The smallest absolute Gasteiger partial charge is 0.322 e. The second-order valence-corrected chi connectivity index (χ2v) is 2.30. The van der Waals surface area contributed by atoms with Gasteiger partial charge in [0.1, 0.15) is 6.04 Å². The van der Waals surface area contributed by atoms with Crippen LogP contribution in [0.15, 0.2) is 0 Å². The Hall–Kier alpha value is -1.06. The van der Waals surface area contributed by atoms with E-state index < -0.39 is 0 Å². The Balaban J connectivity index is 2.46.